The van der Waals surface area contributed by atoms with E-state index < -0.39 is 24.0 Å². The Kier molecular flexibility index (Phi) is 9.86. The molecule has 0 aliphatic carbocycles. The first-order valence-electron chi connectivity index (χ1n) is 12.1. The summed E-state index contributed by atoms with van der Waals surface area (Å²) in [6, 6.07) is 4.20. The van der Waals surface area contributed by atoms with Gasteiger partial charge in [-0.25, -0.2) is 4.79 Å². The van der Waals surface area contributed by atoms with Crippen molar-refractivity contribution in [3.8, 4) is 0 Å². The van der Waals surface area contributed by atoms with E-state index in [1.807, 2.05) is 40.7 Å². The first-order valence-corrected chi connectivity index (χ1v) is 12.1. The molecule has 1 heterocycles. The zero-order valence-electron chi connectivity index (χ0n) is 22.2. The lowest BCUT2D eigenvalue weighted by Gasteiger charge is -2.26. The molecule has 0 radical (unpaired) electrons. The third kappa shape index (κ3) is 6.91. The molecule has 4 atom stereocenters. The van der Waals surface area contributed by atoms with Crippen LogP contribution in [0.1, 0.15) is 75.5 Å². The van der Waals surface area contributed by atoms with Gasteiger partial charge in [-0.05, 0) is 70.1 Å². The molecule has 1 aromatic carbocycles. The zero-order valence-corrected chi connectivity index (χ0v) is 22.2. The van der Waals surface area contributed by atoms with Crippen molar-refractivity contribution in [1.29, 1.82) is 0 Å². The van der Waals surface area contributed by atoms with Gasteiger partial charge in [-0.2, -0.15) is 0 Å². The molecule has 0 bridgehead atoms. The highest BCUT2D eigenvalue weighted by Crippen LogP contribution is 2.40. The summed E-state index contributed by atoms with van der Waals surface area (Å²) < 4.78 is 17.5. The third-order valence-corrected chi connectivity index (χ3v) is 6.39. The summed E-state index contributed by atoms with van der Waals surface area (Å²) in [4.78, 5) is 12.8. The molecule has 1 N–H and O–H groups in total. The van der Waals surface area contributed by atoms with E-state index >= 15 is 0 Å². The SMILES string of the molecule is C=C(/C=C(\C)[C@@H](O)CC)C[C@H](C)/C=C(\C)C[C@]1(C(=O)OC)CO[C@H](c2c(C)cc(C)cc2C)O1. The Morgan fingerprint density at radius 3 is 2.47 bits per heavy atom. The average Bonchev–Trinajstić information content (AvgIpc) is 3.15. The van der Waals surface area contributed by atoms with E-state index in [1.165, 1.54) is 12.7 Å². The Hall–Kier alpha value is -2.21. The second-order valence-electron chi connectivity index (χ2n) is 9.90. The summed E-state index contributed by atoms with van der Waals surface area (Å²) in [6.07, 6.45) is 4.91. The summed E-state index contributed by atoms with van der Waals surface area (Å²) in [6.45, 7) is 18.4. The Morgan fingerprint density at radius 2 is 1.91 bits per heavy atom. The Labute approximate surface area is 205 Å². The van der Waals surface area contributed by atoms with Crippen molar-refractivity contribution in [2.24, 2.45) is 5.92 Å². The lowest BCUT2D eigenvalue weighted by atomic mass is 9.91. The molecule has 1 saturated heterocycles. The second-order valence-corrected chi connectivity index (χ2v) is 9.90. The van der Waals surface area contributed by atoms with Crippen molar-refractivity contribution in [1.82, 2.24) is 0 Å². The predicted molar refractivity (Wildman–Crippen MR) is 137 cm³/mol. The lowest BCUT2D eigenvalue weighted by molar-refractivity contribution is -0.169. The van der Waals surface area contributed by atoms with E-state index in [-0.39, 0.29) is 12.5 Å². The molecule has 1 aliphatic heterocycles. The number of allylic oxidation sites excluding steroid dienone is 3. The molecule has 0 unspecified atom stereocenters. The van der Waals surface area contributed by atoms with Crippen molar-refractivity contribution in [2.45, 2.75) is 85.7 Å². The van der Waals surface area contributed by atoms with Gasteiger partial charge < -0.3 is 19.3 Å². The number of rotatable bonds is 10. The van der Waals surface area contributed by atoms with Gasteiger partial charge in [0, 0.05) is 12.0 Å². The number of benzene rings is 1. The van der Waals surface area contributed by atoms with Crippen LogP contribution in [-0.2, 0) is 19.0 Å². The summed E-state index contributed by atoms with van der Waals surface area (Å²) in [5.41, 5.74) is 6.06. The van der Waals surface area contributed by atoms with Crippen molar-refractivity contribution >= 4 is 5.97 Å². The largest absolute Gasteiger partial charge is 0.467 e. The Morgan fingerprint density at radius 1 is 1.29 bits per heavy atom. The average molecular weight is 471 g/mol. The highest BCUT2D eigenvalue weighted by molar-refractivity contribution is 5.80. The van der Waals surface area contributed by atoms with Crippen LogP contribution < -0.4 is 0 Å². The van der Waals surface area contributed by atoms with Gasteiger partial charge >= 0.3 is 5.97 Å². The third-order valence-electron chi connectivity index (χ3n) is 6.39. The van der Waals surface area contributed by atoms with Gasteiger partial charge in [-0.1, -0.05) is 61.4 Å². The van der Waals surface area contributed by atoms with E-state index in [9.17, 15) is 9.90 Å². The number of aliphatic hydroxyl groups is 1. The summed E-state index contributed by atoms with van der Waals surface area (Å²) in [7, 11) is 1.38. The maximum atomic E-state index is 12.8. The summed E-state index contributed by atoms with van der Waals surface area (Å²) >= 11 is 0. The monoisotopic (exact) mass is 470 g/mol. The second kappa shape index (κ2) is 12.0. The highest BCUT2D eigenvalue weighted by atomic mass is 16.7. The first kappa shape index (κ1) is 28.0. The fraction of sp³-hybridized carbons (Fsp3) is 0.552. The minimum absolute atomic E-state index is 0.139. The van der Waals surface area contributed by atoms with Gasteiger partial charge in [0.2, 0.25) is 0 Å². The molecular formula is C29H42O5. The predicted octanol–water partition coefficient (Wildman–Crippen LogP) is 6.21. The van der Waals surface area contributed by atoms with Crippen LogP contribution in [0.4, 0.5) is 0 Å². The van der Waals surface area contributed by atoms with Crippen molar-refractivity contribution < 1.29 is 24.1 Å². The molecule has 2 rings (SSSR count). The molecule has 1 aliphatic rings. The topological polar surface area (TPSA) is 65.0 Å². The lowest BCUT2D eigenvalue weighted by Crippen LogP contribution is -2.42. The van der Waals surface area contributed by atoms with Gasteiger partial charge in [-0.3, -0.25) is 0 Å². The first-order chi connectivity index (χ1) is 15.9. The van der Waals surface area contributed by atoms with Crippen molar-refractivity contribution in [3.63, 3.8) is 0 Å². The molecule has 0 spiro atoms. The minimum atomic E-state index is -1.18. The molecule has 0 aromatic heterocycles. The number of ether oxygens (including phenoxy) is 3. The minimum Gasteiger partial charge on any atom is -0.467 e. The Bertz CT molecular complexity index is 934. The van der Waals surface area contributed by atoms with Crippen molar-refractivity contribution in [2.75, 3.05) is 13.7 Å². The molecule has 5 nitrogen and oxygen atoms in total. The molecule has 0 saturated carbocycles. The van der Waals surface area contributed by atoms with Crippen LogP contribution in [0.5, 0.6) is 0 Å². The van der Waals surface area contributed by atoms with E-state index in [4.69, 9.17) is 14.2 Å². The maximum absolute atomic E-state index is 12.8. The fourth-order valence-corrected chi connectivity index (χ4v) is 4.91. The molecule has 0 amide bonds. The highest BCUT2D eigenvalue weighted by Gasteiger charge is 2.50. The number of hydrogen-bond acceptors (Lipinski definition) is 5. The van der Waals surface area contributed by atoms with Gasteiger partial charge in [0.25, 0.3) is 0 Å². The van der Waals surface area contributed by atoms with Gasteiger partial charge in [0.15, 0.2) is 11.9 Å². The normalized spacial score (nSPS) is 23.0. The van der Waals surface area contributed by atoms with Gasteiger partial charge in [0.05, 0.1) is 19.8 Å². The van der Waals surface area contributed by atoms with E-state index in [1.54, 1.807) is 0 Å². The summed E-state index contributed by atoms with van der Waals surface area (Å²) in [5, 5.41) is 9.98. The van der Waals surface area contributed by atoms with Crippen molar-refractivity contribution in [3.05, 3.63) is 69.8 Å². The number of methoxy groups -OCH3 is 1. The van der Waals surface area contributed by atoms with E-state index in [0.717, 1.165) is 39.8 Å². The number of aliphatic hydroxyl groups excluding tert-OH is 1. The smallest absolute Gasteiger partial charge is 0.341 e. The Balaban J connectivity index is 2.17. The molecule has 1 aromatic rings. The molecule has 1 fully saturated rings. The van der Waals surface area contributed by atoms with Crippen LogP contribution in [-0.4, -0.2) is 36.5 Å². The van der Waals surface area contributed by atoms with E-state index in [0.29, 0.717) is 12.8 Å². The number of esters is 1. The number of carbonyl (C=O) groups excluding carboxylic acids is 1. The molecular weight excluding hydrogens is 428 g/mol. The maximum Gasteiger partial charge on any atom is 0.341 e. The molecule has 34 heavy (non-hydrogen) atoms. The quantitative estimate of drug-likeness (QED) is 0.250. The van der Waals surface area contributed by atoms with Crippen LogP contribution >= 0.6 is 0 Å². The van der Waals surface area contributed by atoms with Crippen LogP contribution in [0, 0.1) is 26.7 Å². The number of aryl methyl sites for hydroxylation is 3. The summed E-state index contributed by atoms with van der Waals surface area (Å²) in [5.74, 6) is -0.209. The zero-order chi connectivity index (χ0) is 25.6. The van der Waals surface area contributed by atoms with Gasteiger partial charge in [-0.15, -0.1) is 0 Å². The number of hydrogen-bond donors (Lipinski definition) is 1. The van der Waals surface area contributed by atoms with Crippen LogP contribution in [0.25, 0.3) is 0 Å². The van der Waals surface area contributed by atoms with Crippen LogP contribution in [0.3, 0.4) is 0 Å². The number of carbonyl (C=O) groups is 1. The standard InChI is InChI=1S/C29H42O5/c1-10-25(30)22(6)13-19(3)11-18(2)12-21(5)16-29(28(31)32-9)17-33-27(34-29)26-23(7)14-20(4)15-24(26)8/h12-15,18,25,27,30H,3,10-11,16-17H2,1-2,4-9H3/b21-12+,22-13+/t18-,25-,27-,29+/m0/s1. The molecule has 188 valence electrons. The van der Waals surface area contributed by atoms with Crippen LogP contribution in [0.15, 0.2) is 47.6 Å². The fourth-order valence-electron chi connectivity index (χ4n) is 4.91. The van der Waals surface area contributed by atoms with Gasteiger partial charge in [0.1, 0.15) is 0 Å². The van der Waals surface area contributed by atoms with Crippen LogP contribution in [0.2, 0.25) is 0 Å². The molecule has 5 heteroatoms. The van der Waals surface area contributed by atoms with E-state index in [2.05, 4.69) is 38.6 Å².